The zero-order valence-electron chi connectivity index (χ0n) is 10.1. The maximum Gasteiger partial charge on any atom is 0.231 e. The first-order chi connectivity index (χ1) is 9.63. The topological polar surface area (TPSA) is 30.8 Å². The van der Waals surface area contributed by atoms with E-state index in [1.54, 1.807) is 18.3 Å². The zero-order chi connectivity index (χ0) is 14.1. The summed E-state index contributed by atoms with van der Waals surface area (Å²) in [4.78, 5) is 4.31. The molecule has 0 spiro atoms. The third kappa shape index (κ3) is 2.70. The van der Waals surface area contributed by atoms with Gasteiger partial charge >= 0.3 is 0 Å². The average Bonchev–Trinajstić information content (AvgIpc) is 2.89. The van der Waals surface area contributed by atoms with Crippen molar-refractivity contribution >= 4 is 46.7 Å². The molecule has 1 aliphatic heterocycles. The van der Waals surface area contributed by atoms with Crippen molar-refractivity contribution in [1.82, 2.24) is 0 Å². The lowest BCUT2D eigenvalue weighted by Crippen LogP contribution is -1.92. The lowest BCUT2D eigenvalue weighted by Gasteiger charge is -2.01. The van der Waals surface area contributed by atoms with Crippen molar-refractivity contribution in [3.8, 4) is 11.5 Å². The number of nitrogens with zero attached hydrogens (tertiary/aromatic N) is 1. The van der Waals surface area contributed by atoms with Crippen LogP contribution in [0.1, 0.15) is 5.56 Å². The molecular weight excluding hydrogens is 321 g/mol. The van der Waals surface area contributed by atoms with E-state index < -0.39 is 0 Å². The number of benzene rings is 2. The maximum atomic E-state index is 6.06. The van der Waals surface area contributed by atoms with Crippen molar-refractivity contribution in [3.05, 3.63) is 51.0 Å². The first-order valence-corrected chi connectivity index (χ1v) is 6.85. The van der Waals surface area contributed by atoms with Gasteiger partial charge in [-0.25, -0.2) is 0 Å². The van der Waals surface area contributed by atoms with Gasteiger partial charge in [-0.05, 0) is 35.9 Å². The van der Waals surface area contributed by atoms with Crippen LogP contribution >= 0.6 is 34.8 Å². The van der Waals surface area contributed by atoms with Crippen LogP contribution in [-0.2, 0) is 0 Å². The molecule has 0 atom stereocenters. The molecule has 0 saturated carbocycles. The smallest absolute Gasteiger partial charge is 0.231 e. The van der Waals surface area contributed by atoms with Crippen molar-refractivity contribution in [2.75, 3.05) is 6.79 Å². The Labute approximate surface area is 130 Å². The van der Waals surface area contributed by atoms with Crippen LogP contribution in [0.3, 0.4) is 0 Å². The molecule has 0 amide bonds. The Bertz CT molecular complexity index is 701. The quantitative estimate of drug-likeness (QED) is 0.565. The molecule has 102 valence electrons. The van der Waals surface area contributed by atoms with Crippen molar-refractivity contribution < 1.29 is 9.47 Å². The van der Waals surface area contributed by atoms with Crippen molar-refractivity contribution in [1.29, 1.82) is 0 Å². The number of fused-ring (bicyclic) bond motifs is 1. The van der Waals surface area contributed by atoms with Crippen molar-refractivity contribution in [3.63, 3.8) is 0 Å². The van der Waals surface area contributed by atoms with Crippen LogP contribution < -0.4 is 9.47 Å². The second kappa shape index (κ2) is 5.52. The van der Waals surface area contributed by atoms with Crippen LogP contribution in [0.5, 0.6) is 11.5 Å². The van der Waals surface area contributed by atoms with Gasteiger partial charge in [-0.3, -0.25) is 4.99 Å². The SMILES string of the molecule is Clc1cc(Cl)c(N=Cc2ccc3c(c2)OCO3)cc1Cl. The molecule has 0 fully saturated rings. The van der Waals surface area contributed by atoms with E-state index in [2.05, 4.69) is 4.99 Å². The van der Waals surface area contributed by atoms with E-state index in [9.17, 15) is 0 Å². The molecule has 3 rings (SSSR count). The largest absolute Gasteiger partial charge is 0.454 e. The molecule has 0 N–H and O–H groups in total. The van der Waals surface area contributed by atoms with Crippen LogP contribution in [0.25, 0.3) is 0 Å². The highest BCUT2D eigenvalue weighted by molar-refractivity contribution is 6.43. The van der Waals surface area contributed by atoms with E-state index >= 15 is 0 Å². The van der Waals surface area contributed by atoms with Gasteiger partial charge in [-0.1, -0.05) is 34.8 Å². The third-order valence-corrected chi connectivity index (χ3v) is 3.76. The van der Waals surface area contributed by atoms with Gasteiger partial charge < -0.3 is 9.47 Å². The predicted molar refractivity (Wildman–Crippen MR) is 81.3 cm³/mol. The molecule has 3 nitrogen and oxygen atoms in total. The van der Waals surface area contributed by atoms with E-state index in [1.807, 2.05) is 18.2 Å². The maximum absolute atomic E-state index is 6.06. The number of ether oxygens (including phenoxy) is 2. The number of halogens is 3. The molecule has 6 heteroatoms. The first-order valence-electron chi connectivity index (χ1n) is 5.72. The molecule has 0 radical (unpaired) electrons. The summed E-state index contributed by atoms with van der Waals surface area (Å²) in [6.07, 6.45) is 1.67. The molecule has 0 unspecified atom stereocenters. The van der Waals surface area contributed by atoms with E-state index in [4.69, 9.17) is 44.3 Å². The van der Waals surface area contributed by atoms with E-state index in [0.29, 0.717) is 26.5 Å². The fourth-order valence-corrected chi connectivity index (χ4v) is 2.34. The molecule has 0 bridgehead atoms. The van der Waals surface area contributed by atoms with Crippen molar-refractivity contribution in [2.24, 2.45) is 4.99 Å². The number of rotatable bonds is 2. The molecule has 20 heavy (non-hydrogen) atoms. The second-order valence-electron chi connectivity index (χ2n) is 4.09. The van der Waals surface area contributed by atoms with Crippen LogP contribution in [0.2, 0.25) is 15.1 Å². The van der Waals surface area contributed by atoms with E-state index in [1.165, 1.54) is 0 Å². The fraction of sp³-hybridized carbons (Fsp3) is 0.0714. The Kier molecular flexibility index (Phi) is 3.74. The summed E-state index contributed by atoms with van der Waals surface area (Å²) in [5.74, 6) is 1.43. The number of hydrogen-bond donors (Lipinski definition) is 0. The van der Waals surface area contributed by atoms with Gasteiger partial charge in [-0.2, -0.15) is 0 Å². The summed E-state index contributed by atoms with van der Waals surface area (Å²) in [5.41, 5.74) is 1.43. The molecular formula is C14H8Cl3NO2. The minimum atomic E-state index is 0.245. The molecule has 1 aliphatic rings. The Morgan fingerprint density at radius 1 is 0.900 bits per heavy atom. The van der Waals surface area contributed by atoms with Gasteiger partial charge in [0, 0.05) is 6.21 Å². The standard InChI is InChI=1S/C14H8Cl3NO2/c15-9-4-11(17)12(5-10(9)16)18-6-8-1-2-13-14(3-8)20-7-19-13/h1-6H,7H2. The van der Waals surface area contributed by atoms with Gasteiger partial charge in [0.05, 0.1) is 20.8 Å². The van der Waals surface area contributed by atoms with E-state index in [0.717, 1.165) is 11.3 Å². The summed E-state index contributed by atoms with van der Waals surface area (Å²) in [6, 6.07) is 8.74. The average molecular weight is 329 g/mol. The first kappa shape index (κ1) is 13.6. The molecule has 0 saturated heterocycles. The molecule has 0 aliphatic carbocycles. The number of aliphatic imine (C=N–C) groups is 1. The van der Waals surface area contributed by atoms with Gasteiger partial charge in [0.2, 0.25) is 6.79 Å². The van der Waals surface area contributed by atoms with Crippen LogP contribution in [0.15, 0.2) is 35.3 Å². The normalized spacial score (nSPS) is 13.2. The van der Waals surface area contributed by atoms with E-state index in [-0.39, 0.29) is 6.79 Å². The monoisotopic (exact) mass is 327 g/mol. The van der Waals surface area contributed by atoms with Gasteiger partial charge in [-0.15, -0.1) is 0 Å². The molecule has 0 aromatic heterocycles. The van der Waals surface area contributed by atoms with Crippen LogP contribution in [0.4, 0.5) is 5.69 Å². The van der Waals surface area contributed by atoms with Gasteiger partial charge in [0.15, 0.2) is 11.5 Å². The Morgan fingerprint density at radius 3 is 2.50 bits per heavy atom. The summed E-state index contributed by atoms with van der Waals surface area (Å²) >= 11 is 17.9. The Morgan fingerprint density at radius 2 is 1.65 bits per heavy atom. The zero-order valence-corrected chi connectivity index (χ0v) is 12.3. The minimum absolute atomic E-state index is 0.245. The predicted octanol–water partition coefficient (Wildman–Crippen LogP) is 5.13. The highest BCUT2D eigenvalue weighted by Crippen LogP contribution is 2.35. The highest BCUT2D eigenvalue weighted by Gasteiger charge is 2.12. The third-order valence-electron chi connectivity index (χ3n) is 2.74. The minimum Gasteiger partial charge on any atom is -0.454 e. The van der Waals surface area contributed by atoms with Gasteiger partial charge in [0.1, 0.15) is 0 Å². The summed E-state index contributed by atoms with van der Waals surface area (Å²) < 4.78 is 10.5. The lowest BCUT2D eigenvalue weighted by atomic mass is 10.2. The van der Waals surface area contributed by atoms with Gasteiger partial charge in [0.25, 0.3) is 0 Å². The van der Waals surface area contributed by atoms with Crippen LogP contribution in [-0.4, -0.2) is 13.0 Å². The molecule has 2 aromatic rings. The molecule has 2 aromatic carbocycles. The van der Waals surface area contributed by atoms with Crippen molar-refractivity contribution in [2.45, 2.75) is 0 Å². The Hall–Kier alpha value is -1.42. The highest BCUT2D eigenvalue weighted by atomic mass is 35.5. The fourth-order valence-electron chi connectivity index (χ4n) is 1.75. The summed E-state index contributed by atoms with van der Waals surface area (Å²) in [6.45, 7) is 0.245. The molecule has 1 heterocycles. The lowest BCUT2D eigenvalue weighted by molar-refractivity contribution is 0.174. The summed E-state index contributed by atoms with van der Waals surface area (Å²) in [7, 11) is 0. The second-order valence-corrected chi connectivity index (χ2v) is 5.31. The summed E-state index contributed by atoms with van der Waals surface area (Å²) in [5, 5.41) is 1.25. The Balaban J connectivity index is 1.89. The number of hydrogen-bond acceptors (Lipinski definition) is 3. The van der Waals surface area contributed by atoms with Crippen LogP contribution in [0, 0.1) is 0 Å².